The van der Waals surface area contributed by atoms with Gasteiger partial charge in [-0.05, 0) is 38.0 Å². The third-order valence-electron chi connectivity index (χ3n) is 5.85. The molecule has 0 radical (unpaired) electrons. The van der Waals surface area contributed by atoms with Crippen LogP contribution in [-0.2, 0) is 9.53 Å². The molecule has 2 aliphatic heterocycles. The first-order valence-corrected chi connectivity index (χ1v) is 11.2. The number of nitrogens with one attached hydrogen (secondary N) is 1. The Balaban J connectivity index is 2.09. The first kappa shape index (κ1) is 22.9. The topological polar surface area (TPSA) is 102 Å². The number of amides is 1. The van der Waals surface area contributed by atoms with Crippen molar-refractivity contribution < 1.29 is 24.9 Å². The van der Waals surface area contributed by atoms with Crippen molar-refractivity contribution in [2.24, 2.45) is 11.8 Å². The van der Waals surface area contributed by atoms with Gasteiger partial charge in [0.2, 0.25) is 5.91 Å². The first-order chi connectivity index (χ1) is 12.7. The van der Waals surface area contributed by atoms with Crippen molar-refractivity contribution in [3.63, 3.8) is 0 Å². The fourth-order valence-electron chi connectivity index (χ4n) is 4.28. The lowest BCUT2D eigenvalue weighted by Crippen LogP contribution is -2.64. The second-order valence-electron chi connectivity index (χ2n) is 8.30. The maximum Gasteiger partial charge on any atom is 0.237 e. The molecule has 0 aromatic carbocycles. The smallest absolute Gasteiger partial charge is 0.237 e. The molecule has 27 heavy (non-hydrogen) atoms. The van der Waals surface area contributed by atoms with E-state index in [0.717, 1.165) is 25.8 Å². The predicted octanol–water partition coefficient (Wildman–Crippen LogP) is 0.418. The fraction of sp³-hybridized carbons (Fsp3) is 0.947. The van der Waals surface area contributed by atoms with Gasteiger partial charge in [-0.15, -0.1) is 11.8 Å². The summed E-state index contributed by atoms with van der Waals surface area (Å²) in [5.41, 5.74) is -0.644. The zero-order valence-corrected chi connectivity index (χ0v) is 17.9. The Morgan fingerprint density at radius 1 is 1.26 bits per heavy atom. The average molecular weight is 405 g/mol. The molecule has 0 aliphatic carbocycles. The second-order valence-corrected chi connectivity index (χ2v) is 9.24. The lowest BCUT2D eigenvalue weighted by atomic mass is 9.88. The molecule has 8 atom stereocenters. The second kappa shape index (κ2) is 9.89. The number of aliphatic hydroxyl groups excluding tert-OH is 3. The van der Waals surface area contributed by atoms with Crippen LogP contribution in [0.2, 0.25) is 0 Å². The minimum absolute atomic E-state index is 0.00306. The Kier molecular flexibility index (Phi) is 8.39. The van der Waals surface area contributed by atoms with Crippen LogP contribution in [0.1, 0.15) is 40.0 Å². The van der Waals surface area contributed by atoms with Crippen molar-refractivity contribution in [1.82, 2.24) is 10.2 Å². The van der Waals surface area contributed by atoms with Crippen LogP contribution in [0.15, 0.2) is 0 Å². The van der Waals surface area contributed by atoms with Crippen molar-refractivity contribution in [1.29, 1.82) is 0 Å². The molecule has 2 heterocycles. The van der Waals surface area contributed by atoms with E-state index in [0.29, 0.717) is 5.92 Å². The monoisotopic (exact) mass is 404 g/mol. The molecule has 7 nitrogen and oxygen atoms in total. The van der Waals surface area contributed by atoms with E-state index >= 15 is 0 Å². The molecule has 2 fully saturated rings. The zero-order chi connectivity index (χ0) is 20.3. The van der Waals surface area contributed by atoms with Crippen LogP contribution in [0.4, 0.5) is 0 Å². The van der Waals surface area contributed by atoms with Crippen LogP contribution >= 0.6 is 11.8 Å². The molecule has 4 N–H and O–H groups in total. The van der Waals surface area contributed by atoms with Gasteiger partial charge >= 0.3 is 0 Å². The van der Waals surface area contributed by atoms with E-state index in [9.17, 15) is 20.1 Å². The van der Waals surface area contributed by atoms with E-state index in [-0.39, 0.29) is 17.9 Å². The number of rotatable bonds is 7. The van der Waals surface area contributed by atoms with Crippen LogP contribution in [0, 0.1) is 11.8 Å². The van der Waals surface area contributed by atoms with Gasteiger partial charge in [0.1, 0.15) is 29.9 Å². The zero-order valence-electron chi connectivity index (χ0n) is 17.0. The predicted molar refractivity (Wildman–Crippen MR) is 106 cm³/mol. The summed E-state index contributed by atoms with van der Waals surface area (Å²) >= 11 is 1.28. The number of thioether (sulfide) groups is 1. The quantitative estimate of drug-likeness (QED) is 0.488. The van der Waals surface area contributed by atoms with Crippen molar-refractivity contribution in [3.8, 4) is 0 Å². The molecular formula is C19H36N2O5S. The number of likely N-dealkylation sites (N-methyl/N-ethyl adjacent to an activating group) is 1. The van der Waals surface area contributed by atoms with Crippen molar-refractivity contribution in [2.75, 3.05) is 19.8 Å². The number of ether oxygens (including phenoxy) is 1. The SMILES string of the molecule is CCC[C@@H]1C[C@H](C(=O)N[C@@H](C(C)C)C2OC(SC)C(O)C(O)C2O)N(C)C1. The highest BCUT2D eigenvalue weighted by Gasteiger charge is 2.48. The van der Waals surface area contributed by atoms with Crippen LogP contribution in [0.3, 0.4) is 0 Å². The Bertz CT molecular complexity index is 493. The van der Waals surface area contributed by atoms with Gasteiger partial charge in [0.05, 0.1) is 12.1 Å². The Labute approximate surface area is 166 Å². The van der Waals surface area contributed by atoms with Gasteiger partial charge in [-0.25, -0.2) is 0 Å². The number of likely N-dealkylation sites (tertiary alicyclic amines) is 1. The summed E-state index contributed by atoms with van der Waals surface area (Å²) in [7, 11) is 1.97. The Hall–Kier alpha value is -0.380. The van der Waals surface area contributed by atoms with Crippen LogP contribution < -0.4 is 5.32 Å². The highest BCUT2D eigenvalue weighted by Crippen LogP contribution is 2.31. The van der Waals surface area contributed by atoms with Gasteiger partial charge in [0.15, 0.2) is 0 Å². The average Bonchev–Trinajstić information content (AvgIpc) is 2.99. The maximum absolute atomic E-state index is 13.0. The molecular weight excluding hydrogens is 368 g/mol. The summed E-state index contributed by atoms with van der Waals surface area (Å²) in [6, 6.07) is -0.640. The van der Waals surface area contributed by atoms with Crippen molar-refractivity contribution >= 4 is 17.7 Å². The lowest BCUT2D eigenvalue weighted by Gasteiger charge is -2.44. The number of hydrogen-bond acceptors (Lipinski definition) is 7. The molecule has 0 aromatic rings. The Morgan fingerprint density at radius 3 is 2.48 bits per heavy atom. The molecule has 158 valence electrons. The van der Waals surface area contributed by atoms with Gasteiger partial charge < -0.3 is 25.4 Å². The largest absolute Gasteiger partial charge is 0.388 e. The van der Waals surface area contributed by atoms with E-state index in [1.54, 1.807) is 6.26 Å². The maximum atomic E-state index is 13.0. The number of aliphatic hydroxyl groups is 3. The summed E-state index contributed by atoms with van der Waals surface area (Å²) < 4.78 is 5.88. The molecule has 2 aliphatic rings. The van der Waals surface area contributed by atoms with E-state index in [1.165, 1.54) is 11.8 Å². The highest BCUT2D eigenvalue weighted by atomic mass is 32.2. The molecule has 0 spiro atoms. The molecule has 2 saturated heterocycles. The number of nitrogens with zero attached hydrogens (tertiary/aromatic N) is 1. The summed E-state index contributed by atoms with van der Waals surface area (Å²) in [6.45, 7) is 6.97. The van der Waals surface area contributed by atoms with Crippen LogP contribution in [0.5, 0.6) is 0 Å². The molecule has 2 rings (SSSR count). The fourth-order valence-corrected chi connectivity index (χ4v) is 4.96. The first-order valence-electron chi connectivity index (χ1n) is 9.94. The van der Waals surface area contributed by atoms with Gasteiger partial charge in [-0.3, -0.25) is 9.69 Å². The highest BCUT2D eigenvalue weighted by molar-refractivity contribution is 7.99. The normalized spacial score (nSPS) is 38.9. The Morgan fingerprint density at radius 2 is 1.93 bits per heavy atom. The van der Waals surface area contributed by atoms with Gasteiger partial charge in [-0.1, -0.05) is 27.2 Å². The van der Waals surface area contributed by atoms with E-state index in [4.69, 9.17) is 4.74 Å². The van der Waals surface area contributed by atoms with Crippen molar-refractivity contribution in [2.45, 2.75) is 82.0 Å². The summed E-state index contributed by atoms with van der Waals surface area (Å²) in [6.07, 6.45) is 0.343. The number of hydrogen-bond donors (Lipinski definition) is 4. The molecule has 0 saturated carbocycles. The van der Waals surface area contributed by atoms with Gasteiger partial charge in [0, 0.05) is 6.54 Å². The van der Waals surface area contributed by atoms with E-state index in [1.807, 2.05) is 20.9 Å². The molecule has 5 unspecified atom stereocenters. The van der Waals surface area contributed by atoms with Gasteiger partial charge in [0.25, 0.3) is 0 Å². The number of carbonyl (C=O) groups excluding carboxylic acids is 1. The third kappa shape index (κ3) is 5.16. The summed E-state index contributed by atoms with van der Waals surface area (Å²) in [5, 5.41) is 33.8. The van der Waals surface area contributed by atoms with E-state index < -0.39 is 35.9 Å². The molecule has 0 aromatic heterocycles. The summed E-state index contributed by atoms with van der Waals surface area (Å²) in [5.74, 6) is 0.464. The molecule has 1 amide bonds. The van der Waals surface area contributed by atoms with Crippen molar-refractivity contribution in [3.05, 3.63) is 0 Å². The minimum atomic E-state index is -1.30. The standard InChI is InChI=1S/C19H36N2O5S/c1-6-7-11-8-12(21(4)9-11)18(25)20-13(10(2)3)17-15(23)14(22)16(24)19(26-17)27-5/h10-17,19,22-24H,6-9H2,1-5H3,(H,20,25)/t11-,12-,13+,14?,15?,16?,17?,19?/m1/s1. The van der Waals surface area contributed by atoms with Crippen LogP contribution in [0.25, 0.3) is 0 Å². The third-order valence-corrected chi connectivity index (χ3v) is 6.71. The number of carbonyl (C=O) groups is 1. The molecule has 8 heteroatoms. The van der Waals surface area contributed by atoms with Gasteiger partial charge in [-0.2, -0.15) is 0 Å². The van der Waals surface area contributed by atoms with Crippen LogP contribution in [-0.4, -0.2) is 87.9 Å². The summed E-state index contributed by atoms with van der Waals surface area (Å²) in [4.78, 5) is 15.1. The minimum Gasteiger partial charge on any atom is -0.388 e. The molecule has 0 bridgehead atoms. The lowest BCUT2D eigenvalue weighted by molar-refractivity contribution is -0.208. The van der Waals surface area contributed by atoms with E-state index in [2.05, 4.69) is 17.1 Å².